The van der Waals surface area contributed by atoms with Gasteiger partial charge in [-0.1, -0.05) is 20.8 Å². The molecule has 3 unspecified atom stereocenters. The standard InChI is InChI=1S/C17H30N2S/c1-6-15-10-18-17(12(2)3)11-19(15)13(4)9-16-8-7-14(5)20-16/h7-8,12-13,15,17-18H,6,9-11H2,1-5H3. The van der Waals surface area contributed by atoms with E-state index in [9.17, 15) is 0 Å². The summed E-state index contributed by atoms with van der Waals surface area (Å²) >= 11 is 1.95. The van der Waals surface area contributed by atoms with Gasteiger partial charge in [-0.2, -0.15) is 0 Å². The maximum Gasteiger partial charge on any atom is 0.0221 e. The maximum atomic E-state index is 3.73. The Morgan fingerprint density at radius 3 is 2.65 bits per heavy atom. The average molecular weight is 295 g/mol. The number of aryl methyl sites for hydroxylation is 1. The van der Waals surface area contributed by atoms with Crippen LogP contribution in [-0.2, 0) is 6.42 Å². The van der Waals surface area contributed by atoms with E-state index in [1.165, 1.54) is 29.1 Å². The minimum Gasteiger partial charge on any atom is -0.311 e. The SMILES string of the molecule is CCC1CNC(C(C)C)CN1C(C)Cc1ccc(C)s1. The minimum absolute atomic E-state index is 0.640. The Labute approximate surface area is 128 Å². The van der Waals surface area contributed by atoms with Crippen molar-refractivity contribution in [3.63, 3.8) is 0 Å². The molecule has 1 saturated heterocycles. The van der Waals surface area contributed by atoms with Gasteiger partial charge in [0.2, 0.25) is 0 Å². The van der Waals surface area contributed by atoms with E-state index in [1.54, 1.807) is 0 Å². The normalized spacial score (nSPS) is 26.1. The van der Waals surface area contributed by atoms with Crippen molar-refractivity contribution >= 4 is 11.3 Å². The van der Waals surface area contributed by atoms with Crippen LogP contribution in [0.15, 0.2) is 12.1 Å². The van der Waals surface area contributed by atoms with Crippen molar-refractivity contribution in [1.82, 2.24) is 10.2 Å². The molecule has 0 aliphatic carbocycles. The number of nitrogens with zero attached hydrogens (tertiary/aromatic N) is 1. The van der Waals surface area contributed by atoms with Crippen molar-refractivity contribution in [3.8, 4) is 0 Å². The predicted molar refractivity (Wildman–Crippen MR) is 89.6 cm³/mol. The number of rotatable bonds is 5. The Kier molecular flexibility index (Phi) is 5.65. The molecule has 1 N–H and O–H groups in total. The highest BCUT2D eigenvalue weighted by Crippen LogP contribution is 2.23. The third kappa shape index (κ3) is 3.84. The summed E-state index contributed by atoms with van der Waals surface area (Å²) in [6, 6.07) is 6.53. The van der Waals surface area contributed by atoms with E-state index in [1.807, 2.05) is 11.3 Å². The van der Waals surface area contributed by atoms with Crippen LogP contribution in [0.4, 0.5) is 0 Å². The van der Waals surface area contributed by atoms with Crippen LogP contribution >= 0.6 is 11.3 Å². The lowest BCUT2D eigenvalue weighted by molar-refractivity contribution is 0.0742. The highest BCUT2D eigenvalue weighted by molar-refractivity contribution is 7.11. The van der Waals surface area contributed by atoms with Crippen LogP contribution < -0.4 is 5.32 Å². The lowest BCUT2D eigenvalue weighted by atomic mass is 9.96. The largest absolute Gasteiger partial charge is 0.311 e. The molecule has 2 heterocycles. The maximum absolute atomic E-state index is 3.73. The zero-order valence-corrected chi connectivity index (χ0v) is 14.5. The molecule has 2 nitrogen and oxygen atoms in total. The second-order valence-corrected chi connectivity index (χ2v) is 7.96. The molecule has 0 saturated carbocycles. The first-order chi connectivity index (χ1) is 9.51. The summed E-state index contributed by atoms with van der Waals surface area (Å²) in [5, 5.41) is 3.73. The molecule has 20 heavy (non-hydrogen) atoms. The fraction of sp³-hybridized carbons (Fsp3) is 0.765. The third-order valence-electron chi connectivity index (χ3n) is 4.63. The quantitative estimate of drug-likeness (QED) is 0.891. The summed E-state index contributed by atoms with van der Waals surface area (Å²) in [4.78, 5) is 5.71. The molecule has 2 rings (SSSR count). The zero-order valence-electron chi connectivity index (χ0n) is 13.6. The van der Waals surface area contributed by atoms with Crippen molar-refractivity contribution in [2.45, 2.75) is 65.6 Å². The molecule has 0 amide bonds. The Balaban J connectivity index is 2.02. The Morgan fingerprint density at radius 2 is 2.10 bits per heavy atom. The van der Waals surface area contributed by atoms with Crippen LogP contribution in [0.3, 0.4) is 0 Å². The van der Waals surface area contributed by atoms with Crippen molar-refractivity contribution < 1.29 is 0 Å². The number of hydrogen-bond donors (Lipinski definition) is 1. The van der Waals surface area contributed by atoms with Gasteiger partial charge in [0.05, 0.1) is 0 Å². The third-order valence-corrected chi connectivity index (χ3v) is 5.65. The second kappa shape index (κ2) is 7.06. The van der Waals surface area contributed by atoms with Crippen LogP contribution in [0.1, 0.15) is 43.9 Å². The van der Waals surface area contributed by atoms with Crippen LogP contribution in [0.5, 0.6) is 0 Å². The van der Waals surface area contributed by atoms with Crippen molar-refractivity contribution in [2.75, 3.05) is 13.1 Å². The summed E-state index contributed by atoms with van der Waals surface area (Å²) in [7, 11) is 0. The van der Waals surface area contributed by atoms with Gasteiger partial charge in [-0.05, 0) is 44.7 Å². The summed E-state index contributed by atoms with van der Waals surface area (Å²) < 4.78 is 0. The highest BCUT2D eigenvalue weighted by atomic mass is 32.1. The van der Waals surface area contributed by atoms with Gasteiger partial charge in [-0.15, -0.1) is 11.3 Å². The van der Waals surface area contributed by atoms with E-state index in [4.69, 9.17) is 0 Å². The number of piperazine rings is 1. The molecular weight excluding hydrogens is 264 g/mol. The van der Waals surface area contributed by atoms with Gasteiger partial charge in [-0.25, -0.2) is 0 Å². The van der Waals surface area contributed by atoms with Crippen molar-refractivity contribution in [2.24, 2.45) is 5.92 Å². The molecule has 1 aromatic heterocycles. The molecule has 1 aliphatic heterocycles. The van der Waals surface area contributed by atoms with E-state index in [0.29, 0.717) is 24.0 Å². The number of thiophene rings is 1. The van der Waals surface area contributed by atoms with Crippen LogP contribution in [0.2, 0.25) is 0 Å². The molecule has 1 aliphatic rings. The average Bonchev–Trinajstić information content (AvgIpc) is 2.83. The summed E-state index contributed by atoms with van der Waals surface area (Å²) in [6.07, 6.45) is 2.44. The summed E-state index contributed by atoms with van der Waals surface area (Å²) in [6.45, 7) is 13.9. The van der Waals surface area contributed by atoms with Gasteiger partial charge < -0.3 is 5.32 Å². The van der Waals surface area contributed by atoms with E-state index in [-0.39, 0.29) is 0 Å². The minimum atomic E-state index is 0.640. The molecule has 0 bridgehead atoms. The summed E-state index contributed by atoms with van der Waals surface area (Å²) in [5.41, 5.74) is 0. The first-order valence-corrected chi connectivity index (χ1v) is 8.87. The molecule has 0 radical (unpaired) electrons. The number of hydrogen-bond acceptors (Lipinski definition) is 3. The molecule has 0 aromatic carbocycles. The van der Waals surface area contributed by atoms with Crippen LogP contribution in [0, 0.1) is 12.8 Å². The number of nitrogens with one attached hydrogen (secondary N) is 1. The van der Waals surface area contributed by atoms with Gasteiger partial charge in [0, 0.05) is 41.0 Å². The smallest absolute Gasteiger partial charge is 0.0221 e. The molecule has 3 atom stereocenters. The molecule has 1 aromatic rings. The van der Waals surface area contributed by atoms with Gasteiger partial charge >= 0.3 is 0 Å². The molecular formula is C17H30N2S. The Hall–Kier alpha value is -0.380. The topological polar surface area (TPSA) is 15.3 Å². The molecule has 0 spiro atoms. The van der Waals surface area contributed by atoms with Crippen molar-refractivity contribution in [1.29, 1.82) is 0 Å². The van der Waals surface area contributed by atoms with E-state index in [2.05, 4.69) is 57.0 Å². The second-order valence-electron chi connectivity index (χ2n) is 6.58. The Bertz CT molecular complexity index is 413. The monoisotopic (exact) mass is 294 g/mol. The van der Waals surface area contributed by atoms with Crippen LogP contribution in [-0.4, -0.2) is 36.1 Å². The van der Waals surface area contributed by atoms with Gasteiger partial charge in [0.25, 0.3) is 0 Å². The van der Waals surface area contributed by atoms with Crippen LogP contribution in [0.25, 0.3) is 0 Å². The van der Waals surface area contributed by atoms with Crippen molar-refractivity contribution in [3.05, 3.63) is 21.9 Å². The van der Waals surface area contributed by atoms with Gasteiger partial charge in [0.1, 0.15) is 0 Å². The molecule has 3 heteroatoms. The summed E-state index contributed by atoms with van der Waals surface area (Å²) in [5.74, 6) is 0.714. The predicted octanol–water partition coefficient (Wildman–Crippen LogP) is 3.70. The van der Waals surface area contributed by atoms with Gasteiger partial charge in [-0.3, -0.25) is 4.90 Å². The Morgan fingerprint density at radius 1 is 1.35 bits per heavy atom. The molecule has 114 valence electrons. The van der Waals surface area contributed by atoms with E-state index < -0.39 is 0 Å². The lowest BCUT2D eigenvalue weighted by Crippen LogP contribution is -2.60. The van der Waals surface area contributed by atoms with Gasteiger partial charge in [0.15, 0.2) is 0 Å². The zero-order chi connectivity index (χ0) is 14.7. The fourth-order valence-corrected chi connectivity index (χ4v) is 4.22. The highest BCUT2D eigenvalue weighted by Gasteiger charge is 2.31. The lowest BCUT2D eigenvalue weighted by Gasteiger charge is -2.44. The first-order valence-electron chi connectivity index (χ1n) is 8.05. The fourth-order valence-electron chi connectivity index (χ4n) is 3.21. The molecule has 1 fully saturated rings. The van der Waals surface area contributed by atoms with E-state index in [0.717, 1.165) is 6.54 Å². The van der Waals surface area contributed by atoms with E-state index >= 15 is 0 Å². The first kappa shape index (κ1) is 16.0.